The summed E-state index contributed by atoms with van der Waals surface area (Å²) in [5, 5.41) is 7.46. The van der Waals surface area contributed by atoms with Gasteiger partial charge in [-0.2, -0.15) is 11.8 Å². The molecule has 0 aromatic rings. The number of unbranched alkanes of at least 4 members (excludes halogenated alkanes) is 1. The molecule has 0 spiro atoms. The summed E-state index contributed by atoms with van der Waals surface area (Å²) < 4.78 is 0.441. The Labute approximate surface area is 109 Å². The van der Waals surface area contributed by atoms with E-state index in [1.165, 1.54) is 38.5 Å². The van der Waals surface area contributed by atoms with Crippen LogP contribution in [0.5, 0.6) is 0 Å². The third-order valence-electron chi connectivity index (χ3n) is 3.33. The smallest absolute Gasteiger partial charge is 0.166 e. The molecule has 0 aromatic heterocycles. The van der Waals surface area contributed by atoms with Gasteiger partial charge in [-0.05, 0) is 37.7 Å². The minimum atomic E-state index is 0.441. The van der Waals surface area contributed by atoms with Gasteiger partial charge >= 0.3 is 0 Å². The summed E-state index contributed by atoms with van der Waals surface area (Å²) in [6, 6.07) is 0. The van der Waals surface area contributed by atoms with Crippen molar-refractivity contribution in [1.29, 1.82) is 0 Å². The molecule has 0 radical (unpaired) electrons. The Morgan fingerprint density at radius 3 is 2.56 bits per heavy atom. The molecule has 0 aliphatic heterocycles. The van der Waals surface area contributed by atoms with E-state index in [1.54, 1.807) is 0 Å². The molecule has 94 valence electrons. The molecule has 1 aliphatic rings. The Morgan fingerprint density at radius 2 is 2.00 bits per heavy atom. The topological polar surface area (TPSA) is 24.1 Å². The number of rotatable bonds is 6. The van der Waals surface area contributed by atoms with Crippen LogP contribution >= 0.6 is 24.0 Å². The molecule has 1 aliphatic carbocycles. The monoisotopic (exact) mass is 260 g/mol. The highest BCUT2D eigenvalue weighted by atomic mass is 32.2. The van der Waals surface area contributed by atoms with Gasteiger partial charge in [-0.25, -0.2) is 0 Å². The van der Waals surface area contributed by atoms with Crippen molar-refractivity contribution < 1.29 is 0 Å². The molecule has 2 nitrogen and oxygen atoms in total. The maximum Gasteiger partial charge on any atom is 0.166 e. The molecule has 1 saturated carbocycles. The number of thiocarbonyl (C=S) groups is 1. The quantitative estimate of drug-likeness (QED) is 0.566. The van der Waals surface area contributed by atoms with Crippen molar-refractivity contribution in [3.63, 3.8) is 0 Å². The van der Waals surface area contributed by atoms with E-state index in [2.05, 4.69) is 23.8 Å². The first-order valence-corrected chi connectivity index (χ1v) is 7.92. The van der Waals surface area contributed by atoms with Gasteiger partial charge in [0.15, 0.2) is 5.11 Å². The lowest BCUT2D eigenvalue weighted by Gasteiger charge is -2.27. The van der Waals surface area contributed by atoms with Crippen LogP contribution in [0.25, 0.3) is 0 Å². The third kappa shape index (κ3) is 4.50. The first-order chi connectivity index (χ1) is 7.72. The van der Waals surface area contributed by atoms with Gasteiger partial charge in [0, 0.05) is 17.8 Å². The number of hydrogen-bond acceptors (Lipinski definition) is 2. The highest BCUT2D eigenvalue weighted by molar-refractivity contribution is 8.00. The van der Waals surface area contributed by atoms with E-state index in [9.17, 15) is 0 Å². The van der Waals surface area contributed by atoms with Gasteiger partial charge in [-0.3, -0.25) is 0 Å². The SMILES string of the molecule is CCCCNC(=S)NCC1(SC)CCCC1. The minimum absolute atomic E-state index is 0.441. The molecule has 0 unspecified atom stereocenters. The van der Waals surface area contributed by atoms with Crippen LogP contribution in [-0.2, 0) is 0 Å². The van der Waals surface area contributed by atoms with Gasteiger partial charge in [0.1, 0.15) is 0 Å². The van der Waals surface area contributed by atoms with E-state index in [0.717, 1.165) is 18.2 Å². The molecule has 1 rings (SSSR count). The van der Waals surface area contributed by atoms with Gasteiger partial charge in [-0.15, -0.1) is 0 Å². The zero-order chi connectivity index (χ0) is 11.9. The van der Waals surface area contributed by atoms with Crippen LogP contribution in [0.3, 0.4) is 0 Å². The highest BCUT2D eigenvalue weighted by Gasteiger charge is 2.32. The standard InChI is InChI=1S/C12H24N2S2/c1-3-4-9-13-11(15)14-10-12(16-2)7-5-6-8-12/h3-10H2,1-2H3,(H2,13,14,15). The van der Waals surface area contributed by atoms with E-state index in [0.29, 0.717) is 4.75 Å². The molecule has 1 fully saturated rings. The van der Waals surface area contributed by atoms with E-state index in [4.69, 9.17) is 12.2 Å². The van der Waals surface area contributed by atoms with Crippen molar-refractivity contribution in [1.82, 2.24) is 10.6 Å². The summed E-state index contributed by atoms with van der Waals surface area (Å²) in [5.74, 6) is 0. The molecule has 0 heterocycles. The van der Waals surface area contributed by atoms with Gasteiger partial charge < -0.3 is 10.6 Å². The molecule has 0 saturated heterocycles. The van der Waals surface area contributed by atoms with Gasteiger partial charge in [0.05, 0.1) is 0 Å². The fraction of sp³-hybridized carbons (Fsp3) is 0.917. The van der Waals surface area contributed by atoms with E-state index in [1.807, 2.05) is 11.8 Å². The first kappa shape index (κ1) is 14.1. The largest absolute Gasteiger partial charge is 0.363 e. The average Bonchev–Trinajstić information content (AvgIpc) is 2.76. The predicted molar refractivity (Wildman–Crippen MR) is 78.2 cm³/mol. The van der Waals surface area contributed by atoms with E-state index in [-0.39, 0.29) is 0 Å². The van der Waals surface area contributed by atoms with Crippen LogP contribution in [0.1, 0.15) is 45.4 Å². The summed E-state index contributed by atoms with van der Waals surface area (Å²) in [6.07, 6.45) is 10.0. The summed E-state index contributed by atoms with van der Waals surface area (Å²) >= 11 is 7.27. The van der Waals surface area contributed by atoms with Crippen LogP contribution in [0.4, 0.5) is 0 Å². The first-order valence-electron chi connectivity index (χ1n) is 6.29. The summed E-state index contributed by atoms with van der Waals surface area (Å²) in [4.78, 5) is 0. The second-order valence-electron chi connectivity index (χ2n) is 4.56. The van der Waals surface area contributed by atoms with Crippen LogP contribution in [0.15, 0.2) is 0 Å². The third-order valence-corrected chi connectivity index (χ3v) is 5.04. The van der Waals surface area contributed by atoms with E-state index >= 15 is 0 Å². The Kier molecular flexibility index (Phi) is 6.51. The zero-order valence-corrected chi connectivity index (χ0v) is 12.1. The molecular weight excluding hydrogens is 236 g/mol. The van der Waals surface area contributed by atoms with Crippen molar-refractivity contribution in [2.45, 2.75) is 50.2 Å². The lowest BCUT2D eigenvalue weighted by molar-refractivity contribution is 0.586. The van der Waals surface area contributed by atoms with Gasteiger partial charge in [0.25, 0.3) is 0 Å². The van der Waals surface area contributed by atoms with Crippen molar-refractivity contribution in [2.24, 2.45) is 0 Å². The van der Waals surface area contributed by atoms with Crippen molar-refractivity contribution in [3.8, 4) is 0 Å². The van der Waals surface area contributed by atoms with Crippen molar-refractivity contribution in [3.05, 3.63) is 0 Å². The Balaban J connectivity index is 2.19. The minimum Gasteiger partial charge on any atom is -0.363 e. The molecule has 0 atom stereocenters. The molecule has 16 heavy (non-hydrogen) atoms. The molecule has 2 N–H and O–H groups in total. The van der Waals surface area contributed by atoms with Crippen LogP contribution < -0.4 is 10.6 Å². The average molecular weight is 260 g/mol. The normalized spacial score (nSPS) is 18.4. The Morgan fingerprint density at radius 1 is 1.31 bits per heavy atom. The fourth-order valence-electron chi connectivity index (χ4n) is 2.15. The lowest BCUT2D eigenvalue weighted by Crippen LogP contribution is -2.43. The number of hydrogen-bond donors (Lipinski definition) is 2. The predicted octanol–water partition coefficient (Wildman–Crippen LogP) is 2.93. The van der Waals surface area contributed by atoms with Crippen molar-refractivity contribution >= 4 is 29.1 Å². The van der Waals surface area contributed by atoms with Crippen LogP contribution in [0.2, 0.25) is 0 Å². The zero-order valence-electron chi connectivity index (χ0n) is 10.5. The van der Waals surface area contributed by atoms with Gasteiger partial charge in [0.2, 0.25) is 0 Å². The maximum absolute atomic E-state index is 5.27. The Bertz CT molecular complexity index is 213. The lowest BCUT2D eigenvalue weighted by atomic mass is 10.1. The molecule has 4 heteroatoms. The maximum atomic E-state index is 5.27. The summed E-state index contributed by atoms with van der Waals surface area (Å²) in [5.41, 5.74) is 0. The van der Waals surface area contributed by atoms with Crippen LogP contribution in [0, 0.1) is 0 Å². The summed E-state index contributed by atoms with van der Waals surface area (Å²) in [7, 11) is 0. The second kappa shape index (κ2) is 7.38. The number of nitrogens with one attached hydrogen (secondary N) is 2. The van der Waals surface area contributed by atoms with Crippen molar-refractivity contribution in [2.75, 3.05) is 19.3 Å². The Hall–Kier alpha value is 0.0400. The number of thioether (sulfide) groups is 1. The van der Waals surface area contributed by atoms with Crippen LogP contribution in [-0.4, -0.2) is 29.2 Å². The molecule has 0 amide bonds. The fourth-order valence-corrected chi connectivity index (χ4v) is 3.24. The molecule has 0 bridgehead atoms. The molecule has 0 aromatic carbocycles. The summed E-state index contributed by atoms with van der Waals surface area (Å²) in [6.45, 7) is 4.21. The van der Waals surface area contributed by atoms with E-state index < -0.39 is 0 Å². The highest BCUT2D eigenvalue weighted by Crippen LogP contribution is 2.39. The van der Waals surface area contributed by atoms with Gasteiger partial charge in [-0.1, -0.05) is 26.2 Å². The molecular formula is C12H24N2S2. The second-order valence-corrected chi connectivity index (χ2v) is 6.24.